The summed E-state index contributed by atoms with van der Waals surface area (Å²) in [5, 5.41) is 3.06. The van der Waals surface area contributed by atoms with E-state index in [4.69, 9.17) is 4.74 Å². The minimum Gasteiger partial charge on any atom is -0.497 e. The lowest BCUT2D eigenvalue weighted by atomic mass is 9.97. The van der Waals surface area contributed by atoms with Crippen LogP contribution in [0, 0.1) is 5.92 Å². The highest BCUT2D eigenvalue weighted by Crippen LogP contribution is 2.27. The van der Waals surface area contributed by atoms with Crippen molar-refractivity contribution >= 4 is 17.7 Å². The van der Waals surface area contributed by atoms with Gasteiger partial charge in [0.2, 0.25) is 5.91 Å². The molecule has 0 spiro atoms. The summed E-state index contributed by atoms with van der Waals surface area (Å²) in [5.41, 5.74) is 1.16. The topological polar surface area (TPSA) is 38.3 Å². The number of hydrogen-bond acceptors (Lipinski definition) is 3. The molecule has 2 rings (SSSR count). The number of thioether (sulfide) groups is 1. The first-order valence-corrected chi connectivity index (χ1v) is 9.53. The molecule has 0 heterocycles. The van der Waals surface area contributed by atoms with Crippen LogP contribution in [0.1, 0.15) is 38.8 Å². The fraction of sp³-hybridized carbons (Fsp3) is 0.381. The molecule has 0 saturated carbocycles. The van der Waals surface area contributed by atoms with E-state index >= 15 is 0 Å². The largest absolute Gasteiger partial charge is 0.497 e. The minimum absolute atomic E-state index is 0.0487. The summed E-state index contributed by atoms with van der Waals surface area (Å²) in [4.78, 5) is 13.7. The molecule has 0 bridgehead atoms. The fourth-order valence-corrected chi connectivity index (χ4v) is 3.51. The molecule has 0 aliphatic heterocycles. The molecule has 0 fully saturated rings. The summed E-state index contributed by atoms with van der Waals surface area (Å²) in [7, 11) is 1.65. The van der Waals surface area contributed by atoms with Gasteiger partial charge in [0, 0.05) is 4.90 Å². The summed E-state index contributed by atoms with van der Waals surface area (Å²) < 4.78 is 5.17. The fourth-order valence-electron chi connectivity index (χ4n) is 2.64. The van der Waals surface area contributed by atoms with Crippen molar-refractivity contribution in [2.75, 3.05) is 7.11 Å². The first-order chi connectivity index (χ1) is 12.0. The number of ether oxygens (including phenoxy) is 1. The zero-order valence-electron chi connectivity index (χ0n) is 15.4. The van der Waals surface area contributed by atoms with Gasteiger partial charge >= 0.3 is 0 Å². The van der Waals surface area contributed by atoms with E-state index in [9.17, 15) is 4.79 Å². The Kier molecular flexibility index (Phi) is 7.38. The molecule has 2 atom stereocenters. The van der Waals surface area contributed by atoms with E-state index in [0.29, 0.717) is 5.92 Å². The number of carbonyl (C=O) groups is 1. The Balaban J connectivity index is 2.01. The summed E-state index contributed by atoms with van der Waals surface area (Å²) in [6.45, 7) is 6.30. The molecule has 4 heteroatoms. The molecule has 0 aliphatic carbocycles. The first-order valence-electron chi connectivity index (χ1n) is 8.65. The normalized spacial score (nSPS) is 13.3. The Bertz CT molecular complexity index is 655. The molecule has 0 radical (unpaired) electrons. The van der Waals surface area contributed by atoms with Gasteiger partial charge in [0.1, 0.15) is 5.75 Å². The van der Waals surface area contributed by atoms with Gasteiger partial charge in [-0.25, -0.2) is 0 Å². The van der Waals surface area contributed by atoms with E-state index < -0.39 is 0 Å². The highest BCUT2D eigenvalue weighted by Gasteiger charge is 2.20. The molecule has 0 aromatic heterocycles. The number of amides is 1. The maximum Gasteiger partial charge on any atom is 0.233 e. The van der Waals surface area contributed by atoms with Crippen LogP contribution in [-0.4, -0.2) is 18.3 Å². The summed E-state index contributed by atoms with van der Waals surface area (Å²) >= 11 is 1.56. The van der Waals surface area contributed by atoms with Crippen LogP contribution in [0.4, 0.5) is 0 Å². The number of carbonyl (C=O) groups excluding carboxylic acids is 1. The second-order valence-electron chi connectivity index (χ2n) is 6.54. The van der Waals surface area contributed by atoms with Crippen LogP contribution < -0.4 is 10.1 Å². The SMILES string of the molecule is COc1ccc(SC(C)C(=O)NC(CC(C)C)c2ccccc2)cc1. The lowest BCUT2D eigenvalue weighted by molar-refractivity contribution is -0.121. The van der Waals surface area contributed by atoms with Crippen molar-refractivity contribution in [3.05, 3.63) is 60.2 Å². The molecule has 1 N–H and O–H groups in total. The lowest BCUT2D eigenvalue weighted by Gasteiger charge is -2.23. The molecule has 1 amide bonds. The molecular weight excluding hydrogens is 330 g/mol. The van der Waals surface area contributed by atoms with Crippen molar-refractivity contribution in [1.29, 1.82) is 0 Å². The van der Waals surface area contributed by atoms with Gasteiger partial charge in [-0.1, -0.05) is 44.2 Å². The van der Waals surface area contributed by atoms with E-state index in [1.807, 2.05) is 49.4 Å². The smallest absolute Gasteiger partial charge is 0.233 e. The van der Waals surface area contributed by atoms with Gasteiger partial charge in [0.05, 0.1) is 18.4 Å². The molecule has 2 aromatic carbocycles. The number of methoxy groups -OCH3 is 1. The van der Waals surface area contributed by atoms with Gasteiger partial charge < -0.3 is 10.1 Å². The van der Waals surface area contributed by atoms with E-state index in [1.165, 1.54) is 0 Å². The monoisotopic (exact) mass is 357 g/mol. The maximum absolute atomic E-state index is 12.7. The van der Waals surface area contributed by atoms with Gasteiger partial charge in [0.25, 0.3) is 0 Å². The van der Waals surface area contributed by atoms with Crippen LogP contribution in [0.2, 0.25) is 0 Å². The van der Waals surface area contributed by atoms with Crippen molar-refractivity contribution in [3.8, 4) is 5.75 Å². The third kappa shape index (κ3) is 6.13. The summed E-state index contributed by atoms with van der Waals surface area (Å²) in [5.74, 6) is 1.40. The van der Waals surface area contributed by atoms with Gasteiger partial charge in [-0.15, -0.1) is 11.8 Å². The third-order valence-corrected chi connectivity index (χ3v) is 5.08. The van der Waals surface area contributed by atoms with Crippen molar-refractivity contribution in [2.45, 2.75) is 43.4 Å². The second kappa shape index (κ2) is 9.52. The van der Waals surface area contributed by atoms with E-state index in [2.05, 4.69) is 31.3 Å². The number of hydrogen-bond donors (Lipinski definition) is 1. The quantitative estimate of drug-likeness (QED) is 0.670. The average Bonchev–Trinajstić information content (AvgIpc) is 2.62. The second-order valence-corrected chi connectivity index (χ2v) is 7.95. The lowest BCUT2D eigenvalue weighted by Crippen LogP contribution is -2.35. The molecule has 25 heavy (non-hydrogen) atoms. The van der Waals surface area contributed by atoms with Gasteiger partial charge in [0.15, 0.2) is 0 Å². The van der Waals surface area contributed by atoms with Crippen LogP contribution in [-0.2, 0) is 4.79 Å². The summed E-state index contributed by atoms with van der Waals surface area (Å²) in [6.07, 6.45) is 0.926. The van der Waals surface area contributed by atoms with E-state index in [-0.39, 0.29) is 17.2 Å². The predicted molar refractivity (Wildman–Crippen MR) is 105 cm³/mol. The first kappa shape index (κ1) is 19.4. The molecule has 3 nitrogen and oxygen atoms in total. The van der Waals surface area contributed by atoms with Gasteiger partial charge in [-0.05, 0) is 49.1 Å². The van der Waals surface area contributed by atoms with Gasteiger partial charge in [-0.2, -0.15) is 0 Å². The zero-order chi connectivity index (χ0) is 18.2. The molecule has 0 aliphatic rings. The number of rotatable bonds is 8. The molecule has 134 valence electrons. The van der Waals surface area contributed by atoms with Crippen LogP contribution in [0.15, 0.2) is 59.5 Å². The highest BCUT2D eigenvalue weighted by atomic mass is 32.2. The molecule has 2 unspecified atom stereocenters. The van der Waals surface area contributed by atoms with E-state index in [1.54, 1.807) is 18.9 Å². The number of benzene rings is 2. The van der Waals surface area contributed by atoms with Crippen molar-refractivity contribution in [3.63, 3.8) is 0 Å². The standard InChI is InChI=1S/C21H27NO2S/c1-15(2)14-20(17-8-6-5-7-9-17)22-21(23)16(3)25-19-12-10-18(24-4)11-13-19/h5-13,15-16,20H,14H2,1-4H3,(H,22,23). The predicted octanol–water partition coefficient (Wildman–Crippen LogP) is 5.08. The Labute approximate surface area is 155 Å². The maximum atomic E-state index is 12.7. The van der Waals surface area contributed by atoms with E-state index in [0.717, 1.165) is 22.6 Å². The van der Waals surface area contributed by atoms with Crippen molar-refractivity contribution in [2.24, 2.45) is 5.92 Å². The van der Waals surface area contributed by atoms with Crippen molar-refractivity contribution < 1.29 is 9.53 Å². The summed E-state index contributed by atoms with van der Waals surface area (Å²) in [6, 6.07) is 18.0. The number of nitrogens with one attached hydrogen (secondary N) is 1. The van der Waals surface area contributed by atoms with Crippen LogP contribution >= 0.6 is 11.8 Å². The molecule has 0 saturated heterocycles. The Morgan fingerprint density at radius 3 is 2.24 bits per heavy atom. The van der Waals surface area contributed by atoms with Crippen LogP contribution in [0.3, 0.4) is 0 Å². The van der Waals surface area contributed by atoms with Crippen molar-refractivity contribution in [1.82, 2.24) is 5.32 Å². The Morgan fingerprint density at radius 1 is 1.04 bits per heavy atom. The molecule has 2 aromatic rings. The minimum atomic E-state index is -0.160. The third-order valence-electron chi connectivity index (χ3n) is 3.97. The van der Waals surface area contributed by atoms with Gasteiger partial charge in [-0.3, -0.25) is 4.79 Å². The Hall–Kier alpha value is -1.94. The zero-order valence-corrected chi connectivity index (χ0v) is 16.2. The molecular formula is C21H27NO2S. The average molecular weight is 358 g/mol. The highest BCUT2D eigenvalue weighted by molar-refractivity contribution is 8.00. The van der Waals surface area contributed by atoms with Crippen LogP contribution in [0.25, 0.3) is 0 Å². The Morgan fingerprint density at radius 2 is 1.68 bits per heavy atom. The van der Waals surface area contributed by atoms with Crippen LogP contribution in [0.5, 0.6) is 5.75 Å².